The fraction of sp³-hybridized carbons (Fsp3) is 0.909. The molecule has 0 saturated carbocycles. The molecule has 0 spiro atoms. The van der Waals surface area contributed by atoms with E-state index in [4.69, 9.17) is 0 Å². The van der Waals surface area contributed by atoms with Gasteiger partial charge in [-0.05, 0) is 26.4 Å². The van der Waals surface area contributed by atoms with Crippen LogP contribution in [0, 0.1) is 0 Å². The Labute approximate surface area is 93.4 Å². The van der Waals surface area contributed by atoms with Gasteiger partial charge in [0.15, 0.2) is 0 Å². The number of hydrogen-bond acceptors (Lipinski definition) is 3. The highest BCUT2D eigenvalue weighted by Gasteiger charge is 2.09. The summed E-state index contributed by atoms with van der Waals surface area (Å²) in [7, 11) is 1.74. The third-order valence-electron chi connectivity index (χ3n) is 2.38. The molecule has 4 heteroatoms. The number of aliphatic hydroxyl groups excluding tert-OH is 1. The van der Waals surface area contributed by atoms with Crippen molar-refractivity contribution in [3.8, 4) is 0 Å². The Bertz CT molecular complexity index is 183. The molecule has 90 valence electrons. The van der Waals surface area contributed by atoms with E-state index in [9.17, 15) is 5.11 Å². The molecule has 1 unspecified atom stereocenters. The van der Waals surface area contributed by atoms with Gasteiger partial charge in [0.2, 0.25) is 0 Å². The second-order valence-corrected chi connectivity index (χ2v) is 3.74. The van der Waals surface area contributed by atoms with Crippen molar-refractivity contribution >= 4 is 5.84 Å². The van der Waals surface area contributed by atoms with Crippen molar-refractivity contribution in [3.05, 3.63) is 0 Å². The van der Waals surface area contributed by atoms with Gasteiger partial charge in [-0.25, -0.2) is 0 Å². The molecule has 4 nitrogen and oxygen atoms in total. The van der Waals surface area contributed by atoms with E-state index >= 15 is 0 Å². The molecule has 15 heavy (non-hydrogen) atoms. The number of aliphatic hydroxyl groups is 1. The first-order valence-electron chi connectivity index (χ1n) is 5.71. The number of nitrogens with one attached hydrogen (secondary N) is 1. The first-order valence-corrected chi connectivity index (χ1v) is 5.71. The Morgan fingerprint density at radius 1 is 1.47 bits per heavy atom. The van der Waals surface area contributed by atoms with E-state index in [-0.39, 0.29) is 6.10 Å². The summed E-state index contributed by atoms with van der Waals surface area (Å²) in [6.45, 7) is 9.52. The summed E-state index contributed by atoms with van der Waals surface area (Å²) in [6, 6.07) is 0. The van der Waals surface area contributed by atoms with Crippen molar-refractivity contribution < 1.29 is 5.11 Å². The molecule has 0 fully saturated rings. The zero-order valence-electron chi connectivity index (χ0n) is 10.5. The topological polar surface area (TPSA) is 47.9 Å². The van der Waals surface area contributed by atoms with Crippen LogP contribution in [0.25, 0.3) is 0 Å². The van der Waals surface area contributed by atoms with Gasteiger partial charge in [0.05, 0.1) is 11.9 Å². The minimum absolute atomic E-state index is 0.326. The summed E-state index contributed by atoms with van der Waals surface area (Å²) in [4.78, 5) is 6.23. The lowest BCUT2D eigenvalue weighted by atomic mass is 10.3. The van der Waals surface area contributed by atoms with E-state index in [1.54, 1.807) is 7.05 Å². The van der Waals surface area contributed by atoms with Crippen molar-refractivity contribution in [2.45, 2.75) is 33.3 Å². The van der Waals surface area contributed by atoms with Crippen LogP contribution in [0.15, 0.2) is 4.99 Å². The zero-order chi connectivity index (χ0) is 11.7. The molecule has 0 aromatic heterocycles. The van der Waals surface area contributed by atoms with Crippen molar-refractivity contribution in [1.29, 1.82) is 0 Å². The lowest BCUT2D eigenvalue weighted by Crippen LogP contribution is -2.39. The molecule has 1 atom stereocenters. The van der Waals surface area contributed by atoms with Gasteiger partial charge in [-0.3, -0.25) is 4.99 Å². The Kier molecular flexibility index (Phi) is 8.33. The summed E-state index contributed by atoms with van der Waals surface area (Å²) in [6.07, 6.45) is 0.803. The zero-order valence-corrected chi connectivity index (χ0v) is 10.5. The third kappa shape index (κ3) is 7.33. The number of amidine groups is 1. The highest BCUT2D eigenvalue weighted by Crippen LogP contribution is 1.94. The smallest absolute Gasteiger partial charge is 0.0929 e. The van der Waals surface area contributed by atoms with Crippen LogP contribution < -0.4 is 5.32 Å². The quantitative estimate of drug-likeness (QED) is 0.486. The van der Waals surface area contributed by atoms with Crippen LogP contribution in [0.3, 0.4) is 0 Å². The Hall–Kier alpha value is -0.610. The van der Waals surface area contributed by atoms with Crippen molar-refractivity contribution in [3.63, 3.8) is 0 Å². The van der Waals surface area contributed by atoms with Crippen LogP contribution in [0.5, 0.6) is 0 Å². The van der Waals surface area contributed by atoms with Gasteiger partial charge in [-0.1, -0.05) is 13.8 Å². The lowest BCUT2D eigenvalue weighted by molar-refractivity contribution is 0.118. The van der Waals surface area contributed by atoms with Crippen LogP contribution in [-0.4, -0.2) is 55.2 Å². The molecular weight excluding hydrogens is 190 g/mol. The van der Waals surface area contributed by atoms with E-state index in [1.807, 2.05) is 6.92 Å². The molecule has 0 rings (SSSR count). The third-order valence-corrected chi connectivity index (χ3v) is 2.38. The van der Waals surface area contributed by atoms with Crippen LogP contribution in [-0.2, 0) is 0 Å². The van der Waals surface area contributed by atoms with E-state index in [0.717, 1.165) is 31.9 Å². The van der Waals surface area contributed by atoms with Crippen molar-refractivity contribution in [1.82, 2.24) is 10.2 Å². The van der Waals surface area contributed by atoms with Crippen LogP contribution in [0.1, 0.15) is 27.2 Å². The molecule has 0 aromatic carbocycles. The average molecular weight is 215 g/mol. The van der Waals surface area contributed by atoms with Gasteiger partial charge in [0, 0.05) is 20.1 Å². The first kappa shape index (κ1) is 14.4. The Morgan fingerprint density at radius 2 is 2.13 bits per heavy atom. The summed E-state index contributed by atoms with van der Waals surface area (Å²) in [5.74, 6) is 0.868. The largest absolute Gasteiger partial charge is 0.390 e. The highest BCUT2D eigenvalue weighted by atomic mass is 16.3. The summed E-state index contributed by atoms with van der Waals surface area (Å²) < 4.78 is 0. The van der Waals surface area contributed by atoms with Crippen LogP contribution in [0.4, 0.5) is 0 Å². The minimum atomic E-state index is -0.326. The number of hydrogen-bond donors (Lipinski definition) is 2. The standard InChI is InChI=1S/C11H25N3O/c1-5-7-14(6-2)9-11(15)8-13-10(3)12-4/h11,15H,5-9H2,1-4H3,(H,12,13). The van der Waals surface area contributed by atoms with Gasteiger partial charge in [0.25, 0.3) is 0 Å². The summed E-state index contributed by atoms with van der Waals surface area (Å²) in [5.41, 5.74) is 0. The molecule has 0 aromatic rings. The van der Waals surface area contributed by atoms with Gasteiger partial charge in [-0.2, -0.15) is 0 Å². The van der Waals surface area contributed by atoms with Crippen molar-refractivity contribution in [2.75, 3.05) is 33.2 Å². The molecule has 0 aliphatic rings. The molecule has 0 radical (unpaired) electrons. The maximum atomic E-state index is 9.76. The number of aliphatic imine (C=N–C) groups is 1. The maximum Gasteiger partial charge on any atom is 0.0929 e. The first-order chi connectivity index (χ1) is 7.13. The van der Waals surface area contributed by atoms with E-state index in [1.165, 1.54) is 0 Å². The Morgan fingerprint density at radius 3 is 2.60 bits per heavy atom. The molecule has 0 heterocycles. The van der Waals surface area contributed by atoms with Gasteiger partial charge in [-0.15, -0.1) is 0 Å². The van der Waals surface area contributed by atoms with Gasteiger partial charge in [0.1, 0.15) is 0 Å². The van der Waals surface area contributed by atoms with E-state index in [2.05, 4.69) is 29.1 Å². The number of likely N-dealkylation sites (N-methyl/N-ethyl adjacent to an activating group) is 1. The predicted octanol–water partition coefficient (Wildman–Crippen LogP) is 0.717. The molecule has 0 amide bonds. The highest BCUT2D eigenvalue weighted by molar-refractivity contribution is 5.79. The molecule has 0 aliphatic heterocycles. The second kappa shape index (κ2) is 8.68. The van der Waals surface area contributed by atoms with Gasteiger partial charge >= 0.3 is 0 Å². The predicted molar refractivity (Wildman–Crippen MR) is 65.4 cm³/mol. The molecule has 2 N–H and O–H groups in total. The molecular formula is C11H25N3O. The fourth-order valence-electron chi connectivity index (χ4n) is 1.40. The lowest BCUT2D eigenvalue weighted by Gasteiger charge is -2.23. The Balaban J connectivity index is 3.75. The second-order valence-electron chi connectivity index (χ2n) is 3.74. The summed E-state index contributed by atoms with van der Waals surface area (Å²) >= 11 is 0. The monoisotopic (exact) mass is 215 g/mol. The fourth-order valence-corrected chi connectivity index (χ4v) is 1.40. The SMILES string of the molecule is CCCN(CC)CC(O)CNC(C)=NC. The molecule has 0 saturated heterocycles. The van der Waals surface area contributed by atoms with Crippen LogP contribution in [0.2, 0.25) is 0 Å². The summed E-state index contributed by atoms with van der Waals surface area (Å²) in [5, 5.41) is 12.8. The van der Waals surface area contributed by atoms with Gasteiger partial charge < -0.3 is 15.3 Å². The van der Waals surface area contributed by atoms with E-state index in [0.29, 0.717) is 6.54 Å². The van der Waals surface area contributed by atoms with Crippen LogP contribution >= 0.6 is 0 Å². The minimum Gasteiger partial charge on any atom is -0.390 e. The number of rotatable bonds is 7. The molecule has 0 aliphatic carbocycles. The molecule has 0 bridgehead atoms. The van der Waals surface area contributed by atoms with E-state index < -0.39 is 0 Å². The number of nitrogens with zero attached hydrogens (tertiary/aromatic N) is 2. The van der Waals surface area contributed by atoms with Crippen molar-refractivity contribution in [2.24, 2.45) is 4.99 Å². The average Bonchev–Trinajstić information content (AvgIpc) is 2.25. The normalized spacial score (nSPS) is 14.4. The maximum absolute atomic E-state index is 9.76.